The first kappa shape index (κ1) is 15.2. The molecule has 20 heavy (non-hydrogen) atoms. The van der Waals surface area contributed by atoms with Crippen LogP contribution in [0.25, 0.3) is 0 Å². The number of rotatable bonds is 2. The van der Waals surface area contributed by atoms with Crippen LogP contribution in [-0.4, -0.2) is 41.5 Å². The highest BCUT2D eigenvalue weighted by Crippen LogP contribution is 2.34. The molecule has 1 aromatic heterocycles. The molecule has 1 aromatic rings. The zero-order chi connectivity index (χ0) is 15.2. The van der Waals surface area contributed by atoms with Gasteiger partial charge in [-0.05, 0) is 12.8 Å². The number of nitrogens with zero attached hydrogens (tertiary/aromatic N) is 3. The Morgan fingerprint density at radius 1 is 1.35 bits per heavy atom. The Bertz CT molecular complexity index is 590. The van der Waals surface area contributed by atoms with E-state index in [0.29, 0.717) is 4.31 Å². The zero-order valence-corrected chi connectivity index (χ0v) is 11.3. The van der Waals surface area contributed by atoms with Gasteiger partial charge in [-0.2, -0.15) is 22.5 Å². The summed E-state index contributed by atoms with van der Waals surface area (Å²) in [6.45, 7) is 0.876. The summed E-state index contributed by atoms with van der Waals surface area (Å²) < 4.78 is 65.0. The monoisotopic (exact) mass is 314 g/mol. The first-order valence-electron chi connectivity index (χ1n) is 5.72. The van der Waals surface area contributed by atoms with Gasteiger partial charge in [0.15, 0.2) is 5.82 Å². The van der Waals surface area contributed by atoms with Gasteiger partial charge in [-0.25, -0.2) is 8.42 Å². The van der Waals surface area contributed by atoms with Crippen molar-refractivity contribution in [1.29, 1.82) is 0 Å². The first-order chi connectivity index (χ1) is 9.06. The van der Waals surface area contributed by atoms with Crippen molar-refractivity contribution < 1.29 is 26.1 Å². The maximum absolute atomic E-state index is 12.4. The number of halogens is 3. The standard InChI is InChI=1S/C9H13F3N4O3S/c1-6-14-7(15-19-6)8(13)2-4-16(5-3-8)20(17,18)9(10,11)12/h2-5,13H2,1H3. The van der Waals surface area contributed by atoms with Crippen molar-refractivity contribution in [3.8, 4) is 0 Å². The van der Waals surface area contributed by atoms with Gasteiger partial charge >= 0.3 is 15.5 Å². The number of aryl methyl sites for hydroxylation is 1. The fourth-order valence-electron chi connectivity index (χ4n) is 2.00. The molecule has 114 valence electrons. The van der Waals surface area contributed by atoms with Gasteiger partial charge in [0.1, 0.15) is 0 Å². The van der Waals surface area contributed by atoms with Gasteiger partial charge in [0, 0.05) is 20.0 Å². The van der Waals surface area contributed by atoms with Crippen LogP contribution in [0.2, 0.25) is 0 Å². The van der Waals surface area contributed by atoms with Crippen molar-refractivity contribution in [3.63, 3.8) is 0 Å². The van der Waals surface area contributed by atoms with Crippen LogP contribution in [0.1, 0.15) is 24.6 Å². The topological polar surface area (TPSA) is 102 Å². The second kappa shape index (κ2) is 4.67. The van der Waals surface area contributed by atoms with E-state index in [1.807, 2.05) is 0 Å². The molecule has 11 heteroatoms. The summed E-state index contributed by atoms with van der Waals surface area (Å²) >= 11 is 0. The summed E-state index contributed by atoms with van der Waals surface area (Å²) in [5.74, 6) is 0.467. The van der Waals surface area contributed by atoms with Crippen molar-refractivity contribution >= 4 is 10.0 Å². The molecule has 2 rings (SSSR count). The molecule has 0 spiro atoms. The second-order valence-corrected chi connectivity index (χ2v) is 6.57. The van der Waals surface area contributed by atoms with Crippen LogP contribution < -0.4 is 5.73 Å². The lowest BCUT2D eigenvalue weighted by Gasteiger charge is -2.36. The zero-order valence-electron chi connectivity index (χ0n) is 10.5. The highest BCUT2D eigenvalue weighted by molar-refractivity contribution is 7.90. The highest BCUT2D eigenvalue weighted by Gasteiger charge is 2.52. The Morgan fingerprint density at radius 2 is 1.90 bits per heavy atom. The van der Waals surface area contributed by atoms with Gasteiger partial charge in [-0.3, -0.25) is 0 Å². The molecule has 0 radical (unpaired) electrons. The fourth-order valence-corrected chi connectivity index (χ4v) is 2.95. The third kappa shape index (κ3) is 2.52. The molecular formula is C9H13F3N4O3S. The van der Waals surface area contributed by atoms with Crippen molar-refractivity contribution in [2.24, 2.45) is 5.73 Å². The van der Waals surface area contributed by atoms with Gasteiger partial charge in [-0.1, -0.05) is 5.16 Å². The lowest BCUT2D eigenvalue weighted by molar-refractivity contribution is -0.0499. The number of hydrogen-bond acceptors (Lipinski definition) is 6. The average molecular weight is 314 g/mol. The minimum atomic E-state index is -5.31. The maximum atomic E-state index is 12.4. The van der Waals surface area contributed by atoms with E-state index < -0.39 is 21.1 Å². The van der Waals surface area contributed by atoms with Gasteiger partial charge < -0.3 is 10.3 Å². The van der Waals surface area contributed by atoms with E-state index in [-0.39, 0.29) is 37.6 Å². The molecule has 1 saturated heterocycles. The van der Waals surface area contributed by atoms with Gasteiger partial charge in [0.05, 0.1) is 5.54 Å². The van der Waals surface area contributed by atoms with Crippen LogP contribution in [0.3, 0.4) is 0 Å². The van der Waals surface area contributed by atoms with E-state index in [4.69, 9.17) is 10.3 Å². The van der Waals surface area contributed by atoms with E-state index in [0.717, 1.165) is 0 Å². The summed E-state index contributed by atoms with van der Waals surface area (Å²) in [6.07, 6.45) is -0.0252. The van der Waals surface area contributed by atoms with E-state index >= 15 is 0 Å². The van der Waals surface area contributed by atoms with Crippen LogP contribution in [0.4, 0.5) is 13.2 Å². The van der Waals surface area contributed by atoms with Gasteiger partial charge in [0.2, 0.25) is 5.89 Å². The fraction of sp³-hybridized carbons (Fsp3) is 0.778. The second-order valence-electron chi connectivity index (χ2n) is 4.64. The summed E-state index contributed by atoms with van der Waals surface area (Å²) in [5.41, 5.74) is -0.355. The molecule has 0 bridgehead atoms. The number of aromatic nitrogens is 2. The lowest BCUT2D eigenvalue weighted by atomic mass is 9.89. The molecule has 1 fully saturated rings. The number of nitrogens with two attached hydrogens (primary N) is 1. The number of piperidine rings is 1. The van der Waals surface area contributed by atoms with Crippen molar-refractivity contribution in [2.75, 3.05) is 13.1 Å². The molecule has 0 aliphatic carbocycles. The van der Waals surface area contributed by atoms with E-state index in [1.165, 1.54) is 0 Å². The van der Waals surface area contributed by atoms with Gasteiger partial charge in [-0.15, -0.1) is 0 Å². The lowest BCUT2D eigenvalue weighted by Crippen LogP contribution is -2.52. The Hall–Kier alpha value is -1.20. The molecule has 1 aliphatic rings. The molecule has 2 N–H and O–H groups in total. The van der Waals surface area contributed by atoms with Crippen LogP contribution in [-0.2, 0) is 15.6 Å². The maximum Gasteiger partial charge on any atom is 0.511 e. The Balaban J connectivity index is 2.14. The Kier molecular flexibility index (Phi) is 3.55. The third-order valence-electron chi connectivity index (χ3n) is 3.22. The SMILES string of the molecule is Cc1nc(C2(N)CCN(S(=O)(=O)C(F)(F)F)CC2)no1. The van der Waals surface area contributed by atoms with Crippen LogP contribution in [0, 0.1) is 6.92 Å². The number of hydrogen-bond donors (Lipinski definition) is 1. The van der Waals surface area contributed by atoms with Crippen molar-refractivity contribution in [2.45, 2.75) is 30.8 Å². The van der Waals surface area contributed by atoms with Crippen molar-refractivity contribution in [1.82, 2.24) is 14.4 Å². The molecule has 0 atom stereocenters. The minimum Gasteiger partial charge on any atom is -0.340 e. The highest BCUT2D eigenvalue weighted by atomic mass is 32.2. The summed E-state index contributed by atoms with van der Waals surface area (Å²) in [7, 11) is -5.31. The van der Waals surface area contributed by atoms with E-state index in [2.05, 4.69) is 10.1 Å². The normalized spacial score (nSPS) is 21.1. The smallest absolute Gasteiger partial charge is 0.340 e. The van der Waals surface area contributed by atoms with Gasteiger partial charge in [0.25, 0.3) is 0 Å². The Labute approximate surface area is 113 Å². The van der Waals surface area contributed by atoms with E-state index in [9.17, 15) is 21.6 Å². The quantitative estimate of drug-likeness (QED) is 0.851. The molecule has 0 unspecified atom stereocenters. The first-order valence-corrected chi connectivity index (χ1v) is 7.16. The summed E-state index contributed by atoms with van der Waals surface area (Å²) in [5, 5.41) is 3.65. The molecule has 1 aliphatic heterocycles. The molecular weight excluding hydrogens is 301 g/mol. The minimum absolute atomic E-state index is 0.0126. The molecule has 7 nitrogen and oxygen atoms in total. The molecule has 0 amide bonds. The predicted molar refractivity (Wildman–Crippen MR) is 60.7 cm³/mol. The average Bonchev–Trinajstić information content (AvgIpc) is 2.76. The van der Waals surface area contributed by atoms with Crippen LogP contribution >= 0.6 is 0 Å². The van der Waals surface area contributed by atoms with Crippen LogP contribution in [0.5, 0.6) is 0 Å². The number of sulfonamides is 1. The predicted octanol–water partition coefficient (Wildman–Crippen LogP) is 0.477. The third-order valence-corrected chi connectivity index (χ3v) is 4.85. The van der Waals surface area contributed by atoms with E-state index in [1.54, 1.807) is 6.92 Å². The molecule has 2 heterocycles. The molecule has 0 aromatic carbocycles. The number of alkyl halides is 3. The summed E-state index contributed by atoms with van der Waals surface area (Å²) in [6, 6.07) is 0. The van der Waals surface area contributed by atoms with Crippen LogP contribution in [0.15, 0.2) is 4.52 Å². The largest absolute Gasteiger partial charge is 0.511 e. The van der Waals surface area contributed by atoms with Crippen molar-refractivity contribution in [3.05, 3.63) is 11.7 Å². The summed E-state index contributed by atoms with van der Waals surface area (Å²) in [4.78, 5) is 3.95. The Morgan fingerprint density at radius 3 is 2.30 bits per heavy atom. The molecule has 0 saturated carbocycles.